The SMILES string of the molecule is O=C(Nc1cc(F)c(F)c(F)c1)c1cc(S)ccc1F. The molecule has 0 heterocycles. The number of amides is 1. The fourth-order valence-electron chi connectivity index (χ4n) is 1.51. The van der Waals surface area contributed by atoms with Crippen LogP contribution in [0.5, 0.6) is 0 Å². The predicted octanol–water partition coefficient (Wildman–Crippen LogP) is 3.78. The number of hydrogen-bond acceptors (Lipinski definition) is 2. The minimum Gasteiger partial charge on any atom is -0.322 e. The maximum absolute atomic E-state index is 13.4. The average Bonchev–Trinajstić information content (AvgIpc) is 2.38. The van der Waals surface area contributed by atoms with Crippen molar-refractivity contribution in [2.75, 3.05) is 5.32 Å². The Balaban J connectivity index is 2.30. The zero-order chi connectivity index (χ0) is 14.9. The fourth-order valence-corrected chi connectivity index (χ4v) is 1.72. The zero-order valence-corrected chi connectivity index (χ0v) is 10.6. The van der Waals surface area contributed by atoms with E-state index < -0.39 is 29.2 Å². The van der Waals surface area contributed by atoms with Crippen LogP contribution in [0, 0.1) is 23.3 Å². The van der Waals surface area contributed by atoms with E-state index in [0.29, 0.717) is 17.0 Å². The molecule has 0 spiro atoms. The molecule has 0 aromatic heterocycles. The lowest BCUT2D eigenvalue weighted by Crippen LogP contribution is -2.14. The summed E-state index contributed by atoms with van der Waals surface area (Å²) in [6, 6.07) is 4.72. The van der Waals surface area contributed by atoms with Crippen LogP contribution in [0.15, 0.2) is 35.2 Å². The molecule has 2 rings (SSSR count). The number of benzene rings is 2. The highest BCUT2D eigenvalue weighted by Gasteiger charge is 2.15. The fraction of sp³-hybridized carbons (Fsp3) is 0. The number of halogens is 4. The molecule has 0 atom stereocenters. The molecule has 0 fully saturated rings. The molecule has 2 aromatic rings. The molecule has 2 aromatic carbocycles. The van der Waals surface area contributed by atoms with Crippen LogP contribution in [0.2, 0.25) is 0 Å². The summed E-state index contributed by atoms with van der Waals surface area (Å²) in [5.74, 6) is -6.30. The highest BCUT2D eigenvalue weighted by molar-refractivity contribution is 7.80. The number of anilines is 1. The van der Waals surface area contributed by atoms with E-state index in [4.69, 9.17) is 0 Å². The van der Waals surface area contributed by atoms with Crippen LogP contribution in [0.4, 0.5) is 23.2 Å². The van der Waals surface area contributed by atoms with E-state index in [-0.39, 0.29) is 11.3 Å². The molecule has 1 amide bonds. The maximum atomic E-state index is 13.4. The highest BCUT2D eigenvalue weighted by atomic mass is 32.1. The van der Waals surface area contributed by atoms with Crippen molar-refractivity contribution in [3.05, 3.63) is 59.2 Å². The third-order valence-corrected chi connectivity index (χ3v) is 2.71. The van der Waals surface area contributed by atoms with E-state index in [2.05, 4.69) is 17.9 Å². The molecular formula is C13H7F4NOS. The van der Waals surface area contributed by atoms with Gasteiger partial charge < -0.3 is 5.32 Å². The van der Waals surface area contributed by atoms with Gasteiger partial charge in [-0.2, -0.15) is 0 Å². The van der Waals surface area contributed by atoms with Gasteiger partial charge in [-0.05, 0) is 18.2 Å². The summed E-state index contributed by atoms with van der Waals surface area (Å²) in [6.07, 6.45) is 0. The first-order chi connectivity index (χ1) is 9.38. The van der Waals surface area contributed by atoms with Crippen molar-refractivity contribution in [1.29, 1.82) is 0 Å². The van der Waals surface area contributed by atoms with Crippen molar-refractivity contribution in [1.82, 2.24) is 0 Å². The van der Waals surface area contributed by atoms with Crippen LogP contribution in [0.3, 0.4) is 0 Å². The molecule has 0 bridgehead atoms. The van der Waals surface area contributed by atoms with Gasteiger partial charge in [0.25, 0.3) is 5.91 Å². The second-order valence-electron chi connectivity index (χ2n) is 3.87. The predicted molar refractivity (Wildman–Crippen MR) is 67.9 cm³/mol. The Morgan fingerprint density at radius 3 is 2.15 bits per heavy atom. The molecule has 0 saturated heterocycles. The lowest BCUT2D eigenvalue weighted by Gasteiger charge is -2.07. The lowest BCUT2D eigenvalue weighted by atomic mass is 10.2. The molecule has 0 aliphatic rings. The first-order valence-corrected chi connectivity index (χ1v) is 5.77. The highest BCUT2D eigenvalue weighted by Crippen LogP contribution is 2.19. The van der Waals surface area contributed by atoms with E-state index in [9.17, 15) is 22.4 Å². The zero-order valence-electron chi connectivity index (χ0n) is 9.75. The van der Waals surface area contributed by atoms with Gasteiger partial charge in [0.2, 0.25) is 0 Å². The van der Waals surface area contributed by atoms with Gasteiger partial charge in [-0.15, -0.1) is 12.6 Å². The Morgan fingerprint density at radius 2 is 1.55 bits per heavy atom. The molecule has 20 heavy (non-hydrogen) atoms. The maximum Gasteiger partial charge on any atom is 0.258 e. The topological polar surface area (TPSA) is 29.1 Å². The Bertz CT molecular complexity index is 667. The van der Waals surface area contributed by atoms with Gasteiger partial charge in [-0.25, -0.2) is 17.6 Å². The van der Waals surface area contributed by atoms with Gasteiger partial charge in [0.1, 0.15) is 5.82 Å². The molecular weight excluding hydrogens is 294 g/mol. The summed E-state index contributed by atoms with van der Waals surface area (Å²) in [6.45, 7) is 0. The largest absolute Gasteiger partial charge is 0.322 e. The molecule has 0 unspecified atom stereocenters. The third kappa shape index (κ3) is 2.93. The van der Waals surface area contributed by atoms with Crippen molar-refractivity contribution in [2.24, 2.45) is 0 Å². The van der Waals surface area contributed by atoms with Crippen molar-refractivity contribution in [3.8, 4) is 0 Å². The van der Waals surface area contributed by atoms with E-state index in [1.807, 2.05) is 0 Å². The van der Waals surface area contributed by atoms with Crippen molar-refractivity contribution >= 4 is 24.2 Å². The van der Waals surface area contributed by atoms with Gasteiger partial charge in [-0.3, -0.25) is 4.79 Å². The van der Waals surface area contributed by atoms with E-state index in [1.165, 1.54) is 6.07 Å². The van der Waals surface area contributed by atoms with E-state index >= 15 is 0 Å². The van der Waals surface area contributed by atoms with Gasteiger partial charge in [0.15, 0.2) is 17.5 Å². The van der Waals surface area contributed by atoms with Crippen molar-refractivity contribution in [2.45, 2.75) is 4.90 Å². The Morgan fingerprint density at radius 1 is 0.950 bits per heavy atom. The van der Waals surface area contributed by atoms with Gasteiger partial charge in [-0.1, -0.05) is 0 Å². The smallest absolute Gasteiger partial charge is 0.258 e. The normalized spacial score (nSPS) is 10.4. The van der Waals surface area contributed by atoms with Crippen LogP contribution in [0.25, 0.3) is 0 Å². The summed E-state index contributed by atoms with van der Waals surface area (Å²) in [4.78, 5) is 12.1. The second-order valence-corrected chi connectivity index (χ2v) is 4.39. The Labute approximate surface area is 116 Å². The van der Waals surface area contributed by atoms with Crippen LogP contribution in [-0.4, -0.2) is 5.91 Å². The summed E-state index contributed by atoms with van der Waals surface area (Å²) < 4.78 is 52.2. The number of rotatable bonds is 2. The first kappa shape index (κ1) is 14.4. The number of hydrogen-bond donors (Lipinski definition) is 2. The minimum absolute atomic E-state index is 0.324. The standard InChI is InChI=1S/C13H7F4NOS/c14-9-2-1-7(20)5-8(9)13(19)18-6-3-10(15)12(17)11(16)4-6/h1-5,20H,(H,18,19). The van der Waals surface area contributed by atoms with Crippen LogP contribution in [0.1, 0.15) is 10.4 Å². The summed E-state index contributed by atoms with van der Waals surface area (Å²) in [5.41, 5.74) is -0.669. The Kier molecular flexibility index (Phi) is 3.99. The number of carbonyl (C=O) groups is 1. The second kappa shape index (κ2) is 5.54. The van der Waals surface area contributed by atoms with Crippen molar-refractivity contribution < 1.29 is 22.4 Å². The average molecular weight is 301 g/mol. The first-order valence-electron chi connectivity index (χ1n) is 5.33. The Hall–Kier alpha value is -2.02. The van der Waals surface area contributed by atoms with Gasteiger partial charge >= 0.3 is 0 Å². The van der Waals surface area contributed by atoms with E-state index in [1.54, 1.807) is 0 Å². The molecule has 0 aliphatic heterocycles. The molecule has 1 N–H and O–H groups in total. The van der Waals surface area contributed by atoms with Gasteiger partial charge in [0.05, 0.1) is 5.56 Å². The van der Waals surface area contributed by atoms with Gasteiger partial charge in [0, 0.05) is 22.7 Å². The van der Waals surface area contributed by atoms with Crippen LogP contribution in [-0.2, 0) is 0 Å². The van der Waals surface area contributed by atoms with Crippen molar-refractivity contribution in [3.63, 3.8) is 0 Å². The summed E-state index contributed by atoms with van der Waals surface area (Å²) in [7, 11) is 0. The molecule has 2 nitrogen and oxygen atoms in total. The molecule has 0 saturated carbocycles. The molecule has 104 valence electrons. The third-order valence-electron chi connectivity index (χ3n) is 2.44. The van der Waals surface area contributed by atoms with Crippen LogP contribution >= 0.6 is 12.6 Å². The lowest BCUT2D eigenvalue weighted by molar-refractivity contribution is 0.102. The minimum atomic E-state index is -1.65. The number of nitrogens with one attached hydrogen (secondary N) is 1. The summed E-state index contributed by atoms with van der Waals surface area (Å²) in [5, 5.41) is 2.08. The molecule has 0 radical (unpaired) electrons. The monoisotopic (exact) mass is 301 g/mol. The number of carbonyl (C=O) groups excluding carboxylic acids is 1. The quantitative estimate of drug-likeness (QED) is 0.493. The molecule has 7 heteroatoms. The molecule has 0 aliphatic carbocycles. The van der Waals surface area contributed by atoms with Crippen LogP contribution < -0.4 is 5.32 Å². The van der Waals surface area contributed by atoms with E-state index in [0.717, 1.165) is 12.1 Å². The summed E-state index contributed by atoms with van der Waals surface area (Å²) >= 11 is 3.95. The number of thiol groups is 1.